The van der Waals surface area contributed by atoms with Crippen molar-refractivity contribution >= 4 is 55.8 Å². The first kappa shape index (κ1) is 22.9. The standard InChI is InChI=1S/C23H22Cl2N6O2S/c1-14-8-10-31(11-9-14)23-18-13-26-21(27-22(18)28-29-23)15-2-5-17(6-3-15)30-34(32,33)20-12-16(24)4-7-19(20)25/h2-7,12-14,30H,8-11H2,1H3,(H,26,27,28,29). The zero-order valence-corrected chi connectivity index (χ0v) is 20.6. The maximum atomic E-state index is 12.7. The minimum atomic E-state index is -3.90. The van der Waals surface area contributed by atoms with Gasteiger partial charge in [-0.1, -0.05) is 30.1 Å². The summed E-state index contributed by atoms with van der Waals surface area (Å²) in [5, 5.41) is 8.76. The van der Waals surface area contributed by atoms with Crippen molar-refractivity contribution in [3.05, 3.63) is 58.7 Å². The third-order valence-corrected chi connectivity index (χ3v) is 8.06. The molecular formula is C23H22Cl2N6O2S. The molecular weight excluding hydrogens is 495 g/mol. The molecule has 0 atom stereocenters. The van der Waals surface area contributed by atoms with Gasteiger partial charge in [-0.25, -0.2) is 18.4 Å². The molecule has 1 fully saturated rings. The lowest BCUT2D eigenvalue weighted by Crippen LogP contribution is -2.33. The zero-order chi connectivity index (χ0) is 23.9. The van der Waals surface area contributed by atoms with Gasteiger partial charge in [0.25, 0.3) is 10.0 Å². The number of fused-ring (bicyclic) bond motifs is 1. The van der Waals surface area contributed by atoms with Crippen molar-refractivity contribution < 1.29 is 8.42 Å². The second-order valence-corrected chi connectivity index (χ2v) is 10.9. The van der Waals surface area contributed by atoms with Gasteiger partial charge >= 0.3 is 0 Å². The number of hydrogen-bond acceptors (Lipinski definition) is 6. The van der Waals surface area contributed by atoms with Gasteiger partial charge in [0.1, 0.15) is 4.90 Å². The van der Waals surface area contributed by atoms with E-state index < -0.39 is 10.0 Å². The fourth-order valence-electron chi connectivity index (χ4n) is 3.98. The lowest BCUT2D eigenvalue weighted by molar-refractivity contribution is 0.437. The minimum absolute atomic E-state index is 0.0854. The number of aromatic amines is 1. The highest BCUT2D eigenvalue weighted by atomic mass is 35.5. The molecule has 0 spiro atoms. The molecule has 8 nitrogen and oxygen atoms in total. The van der Waals surface area contributed by atoms with Crippen LogP contribution in [-0.4, -0.2) is 41.7 Å². The van der Waals surface area contributed by atoms with E-state index in [1.54, 1.807) is 30.5 Å². The largest absolute Gasteiger partial charge is 0.355 e. The summed E-state index contributed by atoms with van der Waals surface area (Å²) in [5.74, 6) is 2.14. The van der Waals surface area contributed by atoms with Gasteiger partial charge < -0.3 is 4.90 Å². The van der Waals surface area contributed by atoms with Gasteiger partial charge in [0.15, 0.2) is 17.3 Å². The minimum Gasteiger partial charge on any atom is -0.355 e. The highest BCUT2D eigenvalue weighted by Crippen LogP contribution is 2.30. The monoisotopic (exact) mass is 516 g/mol. The van der Waals surface area contributed by atoms with Crippen molar-refractivity contribution in [2.45, 2.75) is 24.7 Å². The number of H-pyrrole nitrogens is 1. The first-order chi connectivity index (χ1) is 16.3. The van der Waals surface area contributed by atoms with Crippen LogP contribution in [0.3, 0.4) is 0 Å². The van der Waals surface area contributed by atoms with Crippen molar-refractivity contribution in [3.63, 3.8) is 0 Å². The number of anilines is 2. The number of rotatable bonds is 5. The van der Waals surface area contributed by atoms with Gasteiger partial charge in [0, 0.05) is 35.6 Å². The Morgan fingerprint density at radius 1 is 1.09 bits per heavy atom. The molecule has 34 heavy (non-hydrogen) atoms. The topological polar surface area (TPSA) is 104 Å². The van der Waals surface area contributed by atoms with Crippen LogP contribution in [0.25, 0.3) is 22.4 Å². The number of piperidine rings is 1. The number of nitrogens with zero attached hydrogens (tertiary/aromatic N) is 4. The van der Waals surface area contributed by atoms with Crippen LogP contribution in [0.1, 0.15) is 19.8 Å². The predicted octanol–water partition coefficient (Wildman–Crippen LogP) is 5.36. The highest BCUT2D eigenvalue weighted by Gasteiger charge is 2.21. The first-order valence-electron chi connectivity index (χ1n) is 10.8. The summed E-state index contributed by atoms with van der Waals surface area (Å²) in [6.45, 7) is 4.22. The Morgan fingerprint density at radius 3 is 2.56 bits per heavy atom. The second kappa shape index (κ2) is 9.05. The normalized spacial score (nSPS) is 15.1. The van der Waals surface area contributed by atoms with Crippen molar-refractivity contribution in [1.82, 2.24) is 20.2 Å². The second-order valence-electron chi connectivity index (χ2n) is 8.43. The molecule has 2 aromatic carbocycles. The summed E-state index contributed by atoms with van der Waals surface area (Å²) in [6, 6.07) is 11.1. The summed E-state index contributed by atoms with van der Waals surface area (Å²) < 4.78 is 28.0. The van der Waals surface area contributed by atoms with Crippen molar-refractivity contribution in [1.29, 1.82) is 0 Å². The molecule has 0 amide bonds. The zero-order valence-electron chi connectivity index (χ0n) is 18.3. The summed E-state index contributed by atoms with van der Waals surface area (Å²) in [4.78, 5) is 11.3. The summed E-state index contributed by atoms with van der Waals surface area (Å²) >= 11 is 12.0. The van der Waals surface area contributed by atoms with E-state index in [-0.39, 0.29) is 14.9 Å². The maximum absolute atomic E-state index is 12.7. The Kier molecular flexibility index (Phi) is 6.09. The fraction of sp³-hybridized carbons (Fsp3) is 0.261. The van der Waals surface area contributed by atoms with Crippen molar-refractivity contribution in [3.8, 4) is 11.4 Å². The van der Waals surface area contributed by atoms with E-state index in [4.69, 9.17) is 23.2 Å². The number of benzene rings is 2. The van der Waals surface area contributed by atoms with E-state index in [0.717, 1.165) is 48.6 Å². The van der Waals surface area contributed by atoms with Gasteiger partial charge in [-0.15, -0.1) is 0 Å². The van der Waals surface area contributed by atoms with Crippen LogP contribution < -0.4 is 9.62 Å². The lowest BCUT2D eigenvalue weighted by Gasteiger charge is -2.30. The first-order valence-corrected chi connectivity index (χ1v) is 13.1. The molecule has 0 saturated carbocycles. The number of hydrogen-bond donors (Lipinski definition) is 2. The predicted molar refractivity (Wildman–Crippen MR) is 135 cm³/mol. The third kappa shape index (κ3) is 4.55. The molecule has 2 N–H and O–H groups in total. The molecule has 0 aliphatic carbocycles. The van der Waals surface area contributed by atoms with Crippen LogP contribution in [0, 0.1) is 5.92 Å². The molecule has 2 aromatic heterocycles. The Hall–Kier alpha value is -2.88. The highest BCUT2D eigenvalue weighted by molar-refractivity contribution is 7.92. The molecule has 0 bridgehead atoms. The summed E-state index contributed by atoms with van der Waals surface area (Å²) in [7, 11) is -3.90. The summed E-state index contributed by atoms with van der Waals surface area (Å²) in [5.41, 5.74) is 1.79. The number of aromatic nitrogens is 4. The van der Waals surface area contributed by atoms with E-state index in [0.29, 0.717) is 17.2 Å². The number of nitrogens with one attached hydrogen (secondary N) is 2. The van der Waals surface area contributed by atoms with Crippen LogP contribution in [-0.2, 0) is 10.0 Å². The van der Waals surface area contributed by atoms with Crippen LogP contribution in [0.4, 0.5) is 11.5 Å². The smallest absolute Gasteiger partial charge is 0.263 e. The molecule has 5 rings (SSSR count). The van der Waals surface area contributed by atoms with Crippen molar-refractivity contribution in [2.75, 3.05) is 22.7 Å². The molecule has 1 aliphatic rings. The van der Waals surface area contributed by atoms with E-state index >= 15 is 0 Å². The third-order valence-electron chi connectivity index (χ3n) is 5.96. The number of sulfonamides is 1. The van der Waals surface area contributed by atoms with Crippen LogP contribution in [0.2, 0.25) is 10.0 Å². The average Bonchev–Trinajstić information content (AvgIpc) is 3.24. The van der Waals surface area contributed by atoms with E-state index in [9.17, 15) is 8.42 Å². The van der Waals surface area contributed by atoms with Gasteiger partial charge in [-0.3, -0.25) is 9.82 Å². The molecule has 0 unspecified atom stereocenters. The van der Waals surface area contributed by atoms with E-state index in [1.807, 2.05) is 0 Å². The van der Waals surface area contributed by atoms with Gasteiger partial charge in [0.2, 0.25) is 0 Å². The average molecular weight is 517 g/mol. The van der Waals surface area contributed by atoms with E-state index in [1.165, 1.54) is 18.2 Å². The summed E-state index contributed by atoms with van der Waals surface area (Å²) in [6.07, 6.45) is 4.08. The number of halogens is 2. The molecule has 4 aromatic rings. The Balaban J connectivity index is 1.36. The SMILES string of the molecule is CC1CCN(c2n[nH]c3nc(-c4ccc(NS(=O)(=O)c5cc(Cl)ccc5Cl)cc4)ncc23)CC1. The van der Waals surface area contributed by atoms with Crippen LogP contribution in [0.15, 0.2) is 53.6 Å². The van der Waals surface area contributed by atoms with Crippen LogP contribution >= 0.6 is 23.2 Å². The quantitative estimate of drug-likeness (QED) is 0.369. The Bertz CT molecular complexity index is 1450. The Labute approximate surface area is 207 Å². The fourth-order valence-corrected chi connectivity index (χ4v) is 5.80. The molecule has 1 aliphatic heterocycles. The van der Waals surface area contributed by atoms with Crippen molar-refractivity contribution in [2.24, 2.45) is 5.92 Å². The van der Waals surface area contributed by atoms with Gasteiger partial charge in [-0.05, 0) is 61.2 Å². The van der Waals surface area contributed by atoms with Gasteiger partial charge in [-0.2, -0.15) is 5.10 Å². The molecule has 11 heteroatoms. The molecule has 1 saturated heterocycles. The van der Waals surface area contributed by atoms with Crippen LogP contribution in [0.5, 0.6) is 0 Å². The van der Waals surface area contributed by atoms with Gasteiger partial charge in [0.05, 0.1) is 10.4 Å². The Morgan fingerprint density at radius 2 is 1.82 bits per heavy atom. The molecule has 176 valence electrons. The molecule has 0 radical (unpaired) electrons. The van der Waals surface area contributed by atoms with E-state index in [2.05, 4.69) is 36.7 Å². The maximum Gasteiger partial charge on any atom is 0.263 e. The molecule has 3 heterocycles. The lowest BCUT2D eigenvalue weighted by atomic mass is 9.99.